The number of hydrogen-bond acceptors (Lipinski definition) is 4. The highest BCUT2D eigenvalue weighted by atomic mass is 16.1. The molecule has 5 heteroatoms. The topological polar surface area (TPSA) is 61.4 Å². The smallest absolute Gasteiger partial charge is 0.255 e. The van der Waals surface area contributed by atoms with Gasteiger partial charge >= 0.3 is 0 Å². The maximum Gasteiger partial charge on any atom is 0.255 e. The van der Waals surface area contributed by atoms with Gasteiger partial charge in [-0.2, -0.15) is 0 Å². The molecule has 4 rings (SSSR count). The van der Waals surface area contributed by atoms with Crippen molar-refractivity contribution in [3.8, 4) is 0 Å². The average Bonchev–Trinajstić information content (AvgIpc) is 2.64. The second kappa shape index (κ2) is 7.01. The molecule has 1 N–H and O–H groups in total. The number of rotatable bonds is 3. The molecule has 5 nitrogen and oxygen atoms in total. The van der Waals surface area contributed by atoms with Gasteiger partial charge in [0.25, 0.3) is 5.56 Å². The van der Waals surface area contributed by atoms with Gasteiger partial charge in [-0.25, -0.2) is 4.98 Å². The van der Waals surface area contributed by atoms with Gasteiger partial charge in [-0.15, -0.1) is 0 Å². The summed E-state index contributed by atoms with van der Waals surface area (Å²) in [5.74, 6) is 1.45. The number of H-pyrrole nitrogens is 1. The number of allylic oxidation sites excluding steroid dienone is 2. The molecule has 1 aromatic rings. The molecule has 0 aromatic carbocycles. The van der Waals surface area contributed by atoms with Gasteiger partial charge in [-0.3, -0.25) is 14.7 Å². The van der Waals surface area contributed by atoms with Gasteiger partial charge in [0, 0.05) is 32.6 Å². The molecular formula is C19H26N4O. The molecule has 0 amide bonds. The molecule has 0 radical (unpaired) electrons. The summed E-state index contributed by atoms with van der Waals surface area (Å²) in [7, 11) is 0. The van der Waals surface area contributed by atoms with E-state index in [0.29, 0.717) is 5.82 Å². The zero-order valence-corrected chi connectivity index (χ0v) is 14.3. The Hall–Kier alpha value is -1.75. The van der Waals surface area contributed by atoms with Crippen LogP contribution in [-0.4, -0.2) is 40.2 Å². The van der Waals surface area contributed by atoms with Crippen LogP contribution in [-0.2, 0) is 13.0 Å². The van der Waals surface area contributed by atoms with E-state index >= 15 is 0 Å². The molecule has 128 valence electrons. The van der Waals surface area contributed by atoms with Gasteiger partial charge in [-0.1, -0.05) is 12.2 Å². The number of nitrogens with zero attached hydrogens (tertiary/aromatic N) is 3. The number of aromatic nitrogens is 2. The van der Waals surface area contributed by atoms with Crippen LogP contribution in [0, 0.1) is 5.92 Å². The Labute approximate surface area is 142 Å². The van der Waals surface area contributed by atoms with Crippen LogP contribution in [0.5, 0.6) is 0 Å². The van der Waals surface area contributed by atoms with Crippen molar-refractivity contribution in [2.24, 2.45) is 10.9 Å². The van der Waals surface area contributed by atoms with Crippen molar-refractivity contribution < 1.29 is 0 Å². The van der Waals surface area contributed by atoms with E-state index in [1.54, 1.807) is 0 Å². The average molecular weight is 326 g/mol. The van der Waals surface area contributed by atoms with Gasteiger partial charge in [0.15, 0.2) is 5.82 Å². The fourth-order valence-corrected chi connectivity index (χ4v) is 4.05. The molecule has 1 aromatic heterocycles. The van der Waals surface area contributed by atoms with Gasteiger partial charge < -0.3 is 4.98 Å². The SMILES string of the molecule is O=c1[nH]c(C2=NCCCC2)nc2c1CN(CC1CC=CCC1)CC2. The van der Waals surface area contributed by atoms with Crippen molar-refractivity contribution >= 4 is 5.71 Å². The quantitative estimate of drug-likeness (QED) is 0.868. The first kappa shape index (κ1) is 15.8. The van der Waals surface area contributed by atoms with Crippen molar-refractivity contribution in [1.29, 1.82) is 0 Å². The van der Waals surface area contributed by atoms with Gasteiger partial charge in [0.1, 0.15) is 0 Å². The van der Waals surface area contributed by atoms with Crippen molar-refractivity contribution in [3.63, 3.8) is 0 Å². The molecule has 0 saturated carbocycles. The Morgan fingerprint density at radius 2 is 2.21 bits per heavy atom. The molecule has 0 fully saturated rings. The summed E-state index contributed by atoms with van der Waals surface area (Å²) in [5, 5.41) is 0. The maximum atomic E-state index is 12.6. The third kappa shape index (κ3) is 3.36. The van der Waals surface area contributed by atoms with E-state index in [9.17, 15) is 4.79 Å². The highest BCUT2D eigenvalue weighted by Gasteiger charge is 2.24. The second-order valence-electron chi connectivity index (χ2n) is 7.26. The fourth-order valence-electron chi connectivity index (χ4n) is 4.05. The van der Waals surface area contributed by atoms with Crippen molar-refractivity contribution in [1.82, 2.24) is 14.9 Å². The summed E-state index contributed by atoms with van der Waals surface area (Å²) in [4.78, 5) is 27.3. The lowest BCUT2D eigenvalue weighted by molar-refractivity contribution is 0.204. The standard InChI is InChI=1S/C19H26N4O/c24-19-15-13-23(12-14-6-2-1-3-7-14)11-9-16(15)21-18(22-19)17-8-4-5-10-20-17/h1-2,14H,3-13H2,(H,21,22,24). The normalized spacial score (nSPS) is 24.5. The minimum atomic E-state index is 0.0384. The summed E-state index contributed by atoms with van der Waals surface area (Å²) in [6.07, 6.45) is 12.3. The molecule has 1 unspecified atom stereocenters. The van der Waals surface area contributed by atoms with Crippen LogP contribution in [0.1, 0.15) is 55.6 Å². The number of aliphatic imine (C=N–C) groups is 1. The van der Waals surface area contributed by atoms with E-state index in [-0.39, 0.29) is 5.56 Å². The molecular weight excluding hydrogens is 300 g/mol. The number of nitrogens with one attached hydrogen (secondary N) is 1. The third-order valence-corrected chi connectivity index (χ3v) is 5.44. The van der Waals surface area contributed by atoms with Gasteiger partial charge in [0.2, 0.25) is 0 Å². The fraction of sp³-hybridized carbons (Fsp3) is 0.632. The molecule has 2 aliphatic heterocycles. The first-order chi connectivity index (χ1) is 11.8. The monoisotopic (exact) mass is 326 g/mol. The molecule has 1 atom stereocenters. The van der Waals surface area contributed by atoms with Crippen LogP contribution < -0.4 is 5.56 Å². The number of fused-ring (bicyclic) bond motifs is 1. The molecule has 1 aliphatic carbocycles. The Kier molecular flexibility index (Phi) is 4.60. The minimum absolute atomic E-state index is 0.0384. The van der Waals surface area contributed by atoms with Crippen molar-refractivity contribution in [2.75, 3.05) is 19.6 Å². The van der Waals surface area contributed by atoms with E-state index in [4.69, 9.17) is 4.98 Å². The Morgan fingerprint density at radius 3 is 3.00 bits per heavy atom. The first-order valence-electron chi connectivity index (χ1n) is 9.33. The van der Waals surface area contributed by atoms with Crippen LogP contribution in [0.15, 0.2) is 21.9 Å². The van der Waals surface area contributed by atoms with E-state index in [1.165, 1.54) is 19.3 Å². The first-order valence-corrected chi connectivity index (χ1v) is 9.33. The molecule has 0 spiro atoms. The number of aromatic amines is 1. The molecule has 24 heavy (non-hydrogen) atoms. The summed E-state index contributed by atoms with van der Waals surface area (Å²) < 4.78 is 0. The van der Waals surface area contributed by atoms with Crippen LogP contribution in [0.4, 0.5) is 0 Å². The van der Waals surface area contributed by atoms with Crippen molar-refractivity contribution in [3.05, 3.63) is 39.6 Å². The predicted molar refractivity (Wildman–Crippen MR) is 95.6 cm³/mol. The zero-order valence-electron chi connectivity index (χ0n) is 14.3. The molecule has 0 saturated heterocycles. The van der Waals surface area contributed by atoms with Crippen LogP contribution in [0.2, 0.25) is 0 Å². The highest BCUT2D eigenvalue weighted by Crippen LogP contribution is 2.22. The lowest BCUT2D eigenvalue weighted by atomic mass is 9.93. The lowest BCUT2D eigenvalue weighted by Crippen LogP contribution is -2.39. The van der Waals surface area contributed by atoms with Crippen LogP contribution in [0.25, 0.3) is 0 Å². The Morgan fingerprint density at radius 1 is 1.25 bits per heavy atom. The van der Waals surface area contributed by atoms with Crippen LogP contribution >= 0.6 is 0 Å². The largest absolute Gasteiger partial charge is 0.305 e. The summed E-state index contributed by atoms with van der Waals surface area (Å²) in [5.41, 5.74) is 2.88. The summed E-state index contributed by atoms with van der Waals surface area (Å²) in [6.45, 7) is 3.71. The summed E-state index contributed by atoms with van der Waals surface area (Å²) >= 11 is 0. The second-order valence-corrected chi connectivity index (χ2v) is 7.26. The minimum Gasteiger partial charge on any atom is -0.305 e. The van der Waals surface area contributed by atoms with E-state index in [2.05, 4.69) is 27.0 Å². The van der Waals surface area contributed by atoms with E-state index in [0.717, 1.165) is 74.7 Å². The highest BCUT2D eigenvalue weighted by molar-refractivity contribution is 5.97. The van der Waals surface area contributed by atoms with Gasteiger partial charge in [-0.05, 0) is 44.4 Å². The summed E-state index contributed by atoms with van der Waals surface area (Å²) in [6, 6.07) is 0. The zero-order chi connectivity index (χ0) is 16.4. The molecule has 3 heterocycles. The Balaban J connectivity index is 1.50. The van der Waals surface area contributed by atoms with Crippen LogP contribution in [0.3, 0.4) is 0 Å². The Bertz CT molecular complexity index is 719. The lowest BCUT2D eigenvalue weighted by Gasteiger charge is -2.31. The third-order valence-electron chi connectivity index (χ3n) is 5.44. The van der Waals surface area contributed by atoms with E-state index < -0.39 is 0 Å². The predicted octanol–water partition coefficient (Wildman–Crippen LogP) is 2.46. The molecule has 3 aliphatic rings. The number of hydrogen-bond donors (Lipinski definition) is 1. The van der Waals surface area contributed by atoms with E-state index in [1.807, 2.05) is 0 Å². The van der Waals surface area contributed by atoms with Crippen molar-refractivity contribution in [2.45, 2.75) is 51.5 Å². The van der Waals surface area contributed by atoms with Gasteiger partial charge in [0.05, 0.1) is 17.0 Å². The maximum absolute atomic E-state index is 12.6. The molecule has 0 bridgehead atoms.